The molecule has 2 N–H and O–H groups in total. The van der Waals surface area contributed by atoms with E-state index in [1.165, 1.54) is 0 Å². The minimum atomic E-state index is -0.461. The molecule has 4 amide bonds. The molecule has 1 aliphatic rings. The summed E-state index contributed by atoms with van der Waals surface area (Å²) in [5.74, 6) is -0.921. The van der Waals surface area contributed by atoms with Crippen LogP contribution >= 0.6 is 0 Å². The number of nitrogens with one attached hydrogen (secondary N) is 2. The Kier molecular flexibility index (Phi) is 15.7. The highest BCUT2D eigenvalue weighted by molar-refractivity contribution is 5.87. The molecule has 0 aliphatic heterocycles. The Labute approximate surface area is 253 Å². The number of carbonyl (C=O) groups excluding carboxylic acids is 4. The van der Waals surface area contributed by atoms with Gasteiger partial charge in [0.1, 0.15) is 13.2 Å². The van der Waals surface area contributed by atoms with Crippen LogP contribution in [0.25, 0.3) is 0 Å². The van der Waals surface area contributed by atoms with Gasteiger partial charge >= 0.3 is 24.0 Å². The first kappa shape index (κ1) is 37.0. The lowest BCUT2D eigenvalue weighted by Crippen LogP contribution is -2.54. The molecule has 0 spiro atoms. The summed E-state index contributed by atoms with van der Waals surface area (Å²) in [4.78, 5) is 53.4. The first-order valence-electron chi connectivity index (χ1n) is 15.4. The van der Waals surface area contributed by atoms with E-state index in [-0.39, 0.29) is 42.1 Å². The molecular formula is C32H56N4O6. The van der Waals surface area contributed by atoms with E-state index in [0.29, 0.717) is 43.9 Å². The molecule has 240 valence electrons. The van der Waals surface area contributed by atoms with Crippen molar-refractivity contribution >= 4 is 24.0 Å². The van der Waals surface area contributed by atoms with Crippen LogP contribution in [0.3, 0.4) is 0 Å². The number of hydrogen-bond donors (Lipinski definition) is 2. The van der Waals surface area contributed by atoms with Crippen LogP contribution in [0.15, 0.2) is 24.3 Å². The Morgan fingerprint density at radius 1 is 0.786 bits per heavy atom. The Morgan fingerprint density at radius 2 is 1.26 bits per heavy atom. The molecule has 42 heavy (non-hydrogen) atoms. The lowest BCUT2D eigenvalue weighted by molar-refractivity contribution is -0.140. The number of ether oxygens (including phenoxy) is 2. The molecule has 0 bridgehead atoms. The van der Waals surface area contributed by atoms with Crippen LogP contribution in [0.5, 0.6) is 0 Å². The van der Waals surface area contributed by atoms with Gasteiger partial charge in [0.2, 0.25) is 0 Å². The summed E-state index contributed by atoms with van der Waals surface area (Å²) in [5, 5.41) is 6.36. The molecule has 0 saturated heterocycles. The van der Waals surface area contributed by atoms with E-state index in [0.717, 1.165) is 44.9 Å². The van der Waals surface area contributed by atoms with E-state index >= 15 is 0 Å². The molecular weight excluding hydrogens is 536 g/mol. The van der Waals surface area contributed by atoms with E-state index in [9.17, 15) is 19.2 Å². The second kappa shape index (κ2) is 17.8. The van der Waals surface area contributed by atoms with Crippen LogP contribution in [0.1, 0.15) is 93.4 Å². The summed E-state index contributed by atoms with van der Waals surface area (Å²) in [6, 6.07) is -0.419. The maximum absolute atomic E-state index is 13.3. The van der Waals surface area contributed by atoms with Gasteiger partial charge in [-0.25, -0.2) is 19.2 Å². The van der Waals surface area contributed by atoms with Gasteiger partial charge in [0.25, 0.3) is 0 Å². The minimum Gasteiger partial charge on any atom is -0.460 e. The van der Waals surface area contributed by atoms with Crippen molar-refractivity contribution in [1.82, 2.24) is 20.4 Å². The standard InChI is InChI=1S/C32H56N4O6/c1-10-12-14-35(16-18-41-27(37)24(3)4)29(39)33-23-32(9)21-26(20-31(7,8)22-32)34-30(40)36(15-13-11-2)17-19-42-28(38)25(5)6/h26H,3,5,10-23H2,1-2,4,6-9H3,(H,33,39)(H,34,40). The van der Waals surface area contributed by atoms with Gasteiger partial charge in [-0.05, 0) is 56.8 Å². The van der Waals surface area contributed by atoms with Crippen molar-refractivity contribution in [1.29, 1.82) is 0 Å². The number of carbonyl (C=O) groups is 4. The first-order chi connectivity index (χ1) is 19.6. The average Bonchev–Trinajstić information content (AvgIpc) is 2.89. The van der Waals surface area contributed by atoms with Gasteiger partial charge in [-0.3, -0.25) is 0 Å². The maximum atomic E-state index is 13.3. The van der Waals surface area contributed by atoms with Crippen LogP contribution in [-0.4, -0.2) is 85.8 Å². The van der Waals surface area contributed by atoms with Crippen molar-refractivity contribution in [3.63, 3.8) is 0 Å². The van der Waals surface area contributed by atoms with Crippen molar-refractivity contribution in [2.24, 2.45) is 10.8 Å². The SMILES string of the molecule is C=C(C)C(=O)OCCN(CCCC)C(=O)NCC1(C)CC(NC(=O)N(CCCC)CCOC(=O)C(=C)C)CC(C)(C)C1. The van der Waals surface area contributed by atoms with Gasteiger partial charge < -0.3 is 29.9 Å². The van der Waals surface area contributed by atoms with Crippen molar-refractivity contribution in [3.8, 4) is 0 Å². The number of urea groups is 2. The normalized spacial score (nSPS) is 19.3. The number of unbranched alkanes of at least 4 members (excludes halogenated alkanes) is 2. The van der Waals surface area contributed by atoms with E-state index < -0.39 is 11.9 Å². The van der Waals surface area contributed by atoms with Gasteiger partial charge in [-0.15, -0.1) is 0 Å². The van der Waals surface area contributed by atoms with Crippen LogP contribution in [-0.2, 0) is 19.1 Å². The third kappa shape index (κ3) is 13.7. The highest BCUT2D eigenvalue weighted by Crippen LogP contribution is 2.45. The molecule has 1 aliphatic carbocycles. The van der Waals surface area contributed by atoms with E-state index in [2.05, 4.69) is 58.4 Å². The summed E-state index contributed by atoms with van der Waals surface area (Å²) >= 11 is 0. The largest absolute Gasteiger partial charge is 0.460 e. The van der Waals surface area contributed by atoms with Gasteiger partial charge in [-0.2, -0.15) is 0 Å². The number of hydrogen-bond acceptors (Lipinski definition) is 6. The van der Waals surface area contributed by atoms with Gasteiger partial charge in [-0.1, -0.05) is 60.6 Å². The summed E-state index contributed by atoms with van der Waals surface area (Å²) < 4.78 is 10.4. The van der Waals surface area contributed by atoms with E-state index in [1.54, 1.807) is 23.6 Å². The lowest BCUT2D eigenvalue weighted by atomic mass is 9.62. The molecule has 0 heterocycles. The Balaban J connectivity index is 2.84. The number of rotatable bonds is 17. The monoisotopic (exact) mass is 592 g/mol. The molecule has 0 aromatic rings. The van der Waals surface area contributed by atoms with Crippen LogP contribution < -0.4 is 10.6 Å². The minimum absolute atomic E-state index is 0.0421. The smallest absolute Gasteiger partial charge is 0.333 e. The van der Waals surface area contributed by atoms with Gasteiger partial charge in [0, 0.05) is 36.8 Å². The zero-order valence-corrected chi connectivity index (χ0v) is 27.2. The number of amides is 4. The number of esters is 2. The van der Waals surface area contributed by atoms with Gasteiger partial charge in [0.15, 0.2) is 0 Å². The predicted octanol–water partition coefficient (Wildman–Crippen LogP) is 5.43. The molecule has 0 aromatic carbocycles. The molecule has 2 atom stereocenters. The predicted molar refractivity (Wildman–Crippen MR) is 166 cm³/mol. The Morgan fingerprint density at radius 3 is 1.71 bits per heavy atom. The van der Waals surface area contributed by atoms with Gasteiger partial charge in [0.05, 0.1) is 13.1 Å². The van der Waals surface area contributed by atoms with Crippen LogP contribution in [0.2, 0.25) is 0 Å². The molecule has 0 aromatic heterocycles. The summed E-state index contributed by atoms with van der Waals surface area (Å²) in [5.41, 5.74) is 0.382. The van der Waals surface area contributed by atoms with E-state index in [1.807, 2.05) is 0 Å². The van der Waals surface area contributed by atoms with Crippen molar-refractivity contribution < 1.29 is 28.7 Å². The van der Waals surface area contributed by atoms with E-state index in [4.69, 9.17) is 9.47 Å². The Bertz CT molecular complexity index is 949. The third-order valence-corrected chi connectivity index (χ3v) is 7.46. The quantitative estimate of drug-likeness (QED) is 0.172. The van der Waals surface area contributed by atoms with Crippen molar-refractivity contribution in [3.05, 3.63) is 24.3 Å². The van der Waals surface area contributed by atoms with Crippen molar-refractivity contribution in [2.45, 2.75) is 99.5 Å². The number of nitrogens with zero attached hydrogens (tertiary/aromatic N) is 2. The fraction of sp³-hybridized carbons (Fsp3) is 0.750. The van der Waals surface area contributed by atoms with Crippen LogP contribution in [0, 0.1) is 10.8 Å². The molecule has 10 nitrogen and oxygen atoms in total. The summed E-state index contributed by atoms with van der Waals surface area (Å²) in [6.45, 7) is 23.5. The second-order valence-corrected chi connectivity index (χ2v) is 12.9. The highest BCUT2D eigenvalue weighted by atomic mass is 16.5. The zero-order chi connectivity index (χ0) is 31.9. The summed E-state index contributed by atoms with van der Waals surface area (Å²) in [7, 11) is 0. The summed E-state index contributed by atoms with van der Waals surface area (Å²) in [6.07, 6.45) is 6.02. The third-order valence-electron chi connectivity index (χ3n) is 7.46. The highest BCUT2D eigenvalue weighted by Gasteiger charge is 2.42. The van der Waals surface area contributed by atoms with Crippen molar-refractivity contribution in [2.75, 3.05) is 45.9 Å². The molecule has 1 rings (SSSR count). The molecule has 1 saturated carbocycles. The molecule has 0 radical (unpaired) electrons. The molecule has 10 heteroatoms. The first-order valence-corrected chi connectivity index (χ1v) is 15.4. The Hall–Kier alpha value is -3.04. The fourth-order valence-electron chi connectivity index (χ4n) is 5.61. The topological polar surface area (TPSA) is 117 Å². The second-order valence-electron chi connectivity index (χ2n) is 12.9. The lowest BCUT2D eigenvalue weighted by Gasteiger charge is -2.47. The molecule has 1 fully saturated rings. The van der Waals surface area contributed by atoms with Crippen LogP contribution in [0.4, 0.5) is 9.59 Å². The average molecular weight is 593 g/mol. The molecule has 2 unspecified atom stereocenters. The fourth-order valence-corrected chi connectivity index (χ4v) is 5.61. The zero-order valence-electron chi connectivity index (χ0n) is 27.2. The maximum Gasteiger partial charge on any atom is 0.333 e.